The molecule has 0 amide bonds. The van der Waals surface area contributed by atoms with Gasteiger partial charge < -0.3 is 15.2 Å². The normalized spacial score (nSPS) is 15.1. The monoisotopic (exact) mass is 488 g/mol. The maximum atomic E-state index is 13.9. The maximum absolute atomic E-state index is 13.9. The van der Waals surface area contributed by atoms with Crippen LogP contribution < -0.4 is 15.2 Å². The number of nitrogens with one attached hydrogen (secondary N) is 1. The van der Waals surface area contributed by atoms with Crippen molar-refractivity contribution in [1.82, 2.24) is 10.2 Å². The van der Waals surface area contributed by atoms with Crippen LogP contribution in [-0.4, -0.2) is 10.2 Å². The molecule has 0 saturated heterocycles. The number of H-pyrrole nitrogens is 1. The van der Waals surface area contributed by atoms with Gasteiger partial charge in [0.2, 0.25) is 11.8 Å². The molecule has 1 aromatic heterocycles. The maximum Gasteiger partial charge on any atom is 0.416 e. The summed E-state index contributed by atoms with van der Waals surface area (Å²) in [5, 5.41) is 16.8. The van der Waals surface area contributed by atoms with E-state index >= 15 is 0 Å². The summed E-state index contributed by atoms with van der Waals surface area (Å²) in [6.07, 6.45) is -4.63. The predicted molar refractivity (Wildman–Crippen MR) is 126 cm³/mol. The summed E-state index contributed by atoms with van der Waals surface area (Å²) in [5.41, 5.74) is 7.20. The Morgan fingerprint density at radius 1 is 1.00 bits per heavy atom. The lowest BCUT2D eigenvalue weighted by atomic mass is 9.81. The first-order valence-electron chi connectivity index (χ1n) is 11.0. The van der Waals surface area contributed by atoms with Gasteiger partial charge in [-0.2, -0.15) is 18.4 Å². The first-order valence-corrected chi connectivity index (χ1v) is 11.0. The lowest BCUT2D eigenvalue weighted by molar-refractivity contribution is -0.138. The number of hydrogen-bond donors (Lipinski definition) is 2. The Kier molecular flexibility index (Phi) is 5.86. The molecule has 0 radical (unpaired) electrons. The number of alkyl halides is 3. The van der Waals surface area contributed by atoms with Crippen LogP contribution in [0, 0.1) is 11.3 Å². The molecule has 3 aromatic carbocycles. The highest BCUT2D eigenvalue weighted by molar-refractivity contribution is 5.71. The van der Waals surface area contributed by atoms with Gasteiger partial charge in [0.15, 0.2) is 0 Å². The standard InChI is InChI=1S/C27H19F3N4O2/c28-27(29,30)21-9-5-4-8-19(21)22-20(14-31)25(32)36-26-23(22)24(33-34-26)17-10-12-18(13-11-17)35-15-16-6-2-1-3-7-16/h1-13,22H,15,32H2,(H,33,34). The van der Waals surface area contributed by atoms with Crippen molar-refractivity contribution in [2.75, 3.05) is 0 Å². The zero-order valence-electron chi connectivity index (χ0n) is 18.7. The van der Waals surface area contributed by atoms with Crippen LogP contribution in [0.15, 0.2) is 90.3 Å². The average molecular weight is 488 g/mol. The molecule has 6 nitrogen and oxygen atoms in total. The fourth-order valence-electron chi connectivity index (χ4n) is 4.24. The average Bonchev–Trinajstić information content (AvgIpc) is 3.30. The quantitative estimate of drug-likeness (QED) is 0.365. The molecule has 1 atom stereocenters. The zero-order chi connectivity index (χ0) is 25.3. The van der Waals surface area contributed by atoms with Gasteiger partial charge >= 0.3 is 6.18 Å². The van der Waals surface area contributed by atoms with E-state index in [4.69, 9.17) is 15.2 Å². The third-order valence-corrected chi connectivity index (χ3v) is 5.91. The van der Waals surface area contributed by atoms with Crippen molar-refractivity contribution in [2.24, 2.45) is 5.73 Å². The van der Waals surface area contributed by atoms with E-state index in [0.29, 0.717) is 29.2 Å². The third-order valence-electron chi connectivity index (χ3n) is 5.91. The number of fused-ring (bicyclic) bond motifs is 1. The second-order valence-electron chi connectivity index (χ2n) is 8.13. The summed E-state index contributed by atoms with van der Waals surface area (Å²) in [5.74, 6) is -0.769. The fourth-order valence-corrected chi connectivity index (χ4v) is 4.24. The van der Waals surface area contributed by atoms with E-state index in [1.807, 2.05) is 36.4 Å². The summed E-state index contributed by atoms with van der Waals surface area (Å²) < 4.78 is 53.0. The van der Waals surface area contributed by atoms with Crippen LogP contribution in [0.25, 0.3) is 11.3 Å². The van der Waals surface area contributed by atoms with E-state index in [2.05, 4.69) is 10.2 Å². The number of nitrogens with zero attached hydrogens (tertiary/aromatic N) is 2. The Hall–Kier alpha value is -4.71. The molecule has 4 aromatic rings. The molecular weight excluding hydrogens is 469 g/mol. The van der Waals surface area contributed by atoms with Crippen molar-refractivity contribution in [3.8, 4) is 29.0 Å². The number of benzene rings is 3. The van der Waals surface area contributed by atoms with Gasteiger partial charge in [0, 0.05) is 5.56 Å². The Bertz CT molecular complexity index is 1470. The fraction of sp³-hybridized carbons (Fsp3) is 0.111. The number of halogens is 3. The van der Waals surface area contributed by atoms with Gasteiger partial charge in [0.25, 0.3) is 0 Å². The highest BCUT2D eigenvalue weighted by Crippen LogP contribution is 2.48. The molecule has 2 heterocycles. The second-order valence-corrected chi connectivity index (χ2v) is 8.13. The van der Waals surface area contributed by atoms with Crippen LogP contribution in [0.1, 0.15) is 28.2 Å². The molecule has 1 unspecified atom stereocenters. The lowest BCUT2D eigenvalue weighted by Gasteiger charge is -2.26. The molecule has 5 rings (SSSR count). The Balaban J connectivity index is 1.54. The molecule has 0 aliphatic carbocycles. The summed E-state index contributed by atoms with van der Waals surface area (Å²) in [7, 11) is 0. The van der Waals surface area contributed by atoms with Gasteiger partial charge in [-0.25, -0.2) is 0 Å². The van der Waals surface area contributed by atoms with Gasteiger partial charge in [-0.1, -0.05) is 48.5 Å². The summed E-state index contributed by atoms with van der Waals surface area (Å²) >= 11 is 0. The molecule has 36 heavy (non-hydrogen) atoms. The molecule has 1 aliphatic heterocycles. The van der Waals surface area contributed by atoms with E-state index in [-0.39, 0.29) is 22.9 Å². The number of allylic oxidation sites excluding steroid dienone is 1. The minimum absolute atomic E-state index is 0.0212. The van der Waals surface area contributed by atoms with Crippen LogP contribution in [0.2, 0.25) is 0 Å². The molecular formula is C27H19F3N4O2. The molecule has 3 N–H and O–H groups in total. The van der Waals surface area contributed by atoms with Crippen LogP contribution in [0.4, 0.5) is 13.2 Å². The number of nitriles is 1. The number of hydrogen-bond acceptors (Lipinski definition) is 5. The minimum atomic E-state index is -4.63. The van der Waals surface area contributed by atoms with E-state index in [0.717, 1.165) is 11.6 Å². The summed E-state index contributed by atoms with van der Waals surface area (Å²) in [6, 6.07) is 23.8. The Morgan fingerprint density at radius 3 is 2.39 bits per heavy atom. The van der Waals surface area contributed by atoms with E-state index in [1.54, 1.807) is 24.3 Å². The first-order chi connectivity index (χ1) is 17.4. The number of nitrogens with two attached hydrogens (primary N) is 1. The van der Waals surface area contributed by atoms with E-state index < -0.39 is 17.7 Å². The molecule has 0 fully saturated rings. The second kappa shape index (κ2) is 9.15. The lowest BCUT2D eigenvalue weighted by Crippen LogP contribution is -2.23. The van der Waals surface area contributed by atoms with Crippen molar-refractivity contribution in [3.63, 3.8) is 0 Å². The highest BCUT2D eigenvalue weighted by Gasteiger charge is 2.41. The molecule has 0 saturated carbocycles. The predicted octanol–water partition coefficient (Wildman–Crippen LogP) is 5.89. The van der Waals surface area contributed by atoms with Crippen molar-refractivity contribution in [3.05, 3.63) is 113 Å². The zero-order valence-corrected chi connectivity index (χ0v) is 18.7. The molecule has 180 valence electrons. The Labute approximate surface area is 204 Å². The van der Waals surface area contributed by atoms with Crippen molar-refractivity contribution in [2.45, 2.75) is 18.7 Å². The van der Waals surface area contributed by atoms with Crippen LogP contribution in [0.3, 0.4) is 0 Å². The van der Waals surface area contributed by atoms with Crippen LogP contribution in [0.5, 0.6) is 11.6 Å². The largest absolute Gasteiger partial charge is 0.489 e. The Morgan fingerprint density at radius 2 is 1.69 bits per heavy atom. The van der Waals surface area contributed by atoms with E-state index in [9.17, 15) is 18.4 Å². The SMILES string of the molecule is N#CC1=C(N)Oc2n[nH]c(-c3ccc(OCc4ccccc4)cc3)c2C1c1ccccc1C(F)(F)F. The van der Waals surface area contributed by atoms with Gasteiger partial charge in [-0.15, -0.1) is 5.10 Å². The first kappa shape index (κ1) is 23.1. The number of rotatable bonds is 5. The third kappa shape index (κ3) is 4.25. The van der Waals surface area contributed by atoms with Crippen molar-refractivity contribution in [1.29, 1.82) is 5.26 Å². The van der Waals surface area contributed by atoms with Crippen molar-refractivity contribution < 1.29 is 22.6 Å². The number of aromatic nitrogens is 2. The van der Waals surface area contributed by atoms with Gasteiger partial charge in [0.1, 0.15) is 24.0 Å². The molecule has 0 spiro atoms. The topological polar surface area (TPSA) is 97.0 Å². The van der Waals surface area contributed by atoms with Crippen LogP contribution in [-0.2, 0) is 12.8 Å². The highest BCUT2D eigenvalue weighted by atomic mass is 19.4. The smallest absolute Gasteiger partial charge is 0.416 e. The molecule has 0 bridgehead atoms. The minimum Gasteiger partial charge on any atom is -0.489 e. The number of ether oxygens (including phenoxy) is 2. The van der Waals surface area contributed by atoms with Gasteiger partial charge in [0.05, 0.1) is 22.7 Å². The van der Waals surface area contributed by atoms with Crippen LogP contribution >= 0.6 is 0 Å². The van der Waals surface area contributed by atoms with Gasteiger partial charge in [-0.3, -0.25) is 5.10 Å². The molecule has 9 heteroatoms. The molecule has 1 aliphatic rings. The van der Waals surface area contributed by atoms with Gasteiger partial charge in [-0.05, 0) is 41.5 Å². The van der Waals surface area contributed by atoms with E-state index in [1.165, 1.54) is 18.2 Å². The van der Waals surface area contributed by atoms with Crippen molar-refractivity contribution >= 4 is 0 Å². The number of aromatic amines is 1. The summed E-state index contributed by atoms with van der Waals surface area (Å²) in [4.78, 5) is 0. The summed E-state index contributed by atoms with van der Waals surface area (Å²) in [6.45, 7) is 0.388.